The molecule has 0 bridgehead atoms. The van der Waals surface area contributed by atoms with Gasteiger partial charge in [-0.05, 0) is 24.9 Å². The molecular formula is C10H14N2O6S3. The van der Waals surface area contributed by atoms with E-state index in [0.717, 1.165) is 15.8 Å². The van der Waals surface area contributed by atoms with E-state index in [1.807, 2.05) is 0 Å². The predicted octanol–water partition coefficient (Wildman–Crippen LogP) is 0.103. The molecule has 1 unspecified atom stereocenters. The Hall–Kier alpha value is -1.20. The van der Waals surface area contributed by atoms with Crippen LogP contribution in [0.3, 0.4) is 0 Å². The summed E-state index contributed by atoms with van der Waals surface area (Å²) in [5.74, 6) is -1.87. The first-order valence-electron chi connectivity index (χ1n) is 5.94. The van der Waals surface area contributed by atoms with E-state index in [0.29, 0.717) is 0 Å². The van der Waals surface area contributed by atoms with Crippen LogP contribution in [-0.4, -0.2) is 56.1 Å². The van der Waals surface area contributed by atoms with Crippen LogP contribution in [0.1, 0.15) is 22.5 Å². The van der Waals surface area contributed by atoms with Gasteiger partial charge in [-0.15, -0.1) is 0 Å². The molecule has 0 radical (unpaired) electrons. The van der Waals surface area contributed by atoms with Crippen LogP contribution in [0.4, 0.5) is 5.00 Å². The van der Waals surface area contributed by atoms with Crippen LogP contribution < -0.4 is 4.31 Å². The van der Waals surface area contributed by atoms with Gasteiger partial charge in [0.25, 0.3) is 0 Å². The van der Waals surface area contributed by atoms with E-state index < -0.39 is 36.8 Å². The molecule has 0 spiro atoms. The zero-order valence-corrected chi connectivity index (χ0v) is 13.8. The summed E-state index contributed by atoms with van der Waals surface area (Å²) >= 11 is 0.765. The normalized spacial score (nSPS) is 21.3. The maximum atomic E-state index is 12.5. The van der Waals surface area contributed by atoms with Crippen molar-refractivity contribution < 1.29 is 26.7 Å². The molecule has 0 amide bonds. The second-order valence-electron chi connectivity index (χ2n) is 4.79. The summed E-state index contributed by atoms with van der Waals surface area (Å²) in [6, 6.07) is 0. The van der Waals surface area contributed by atoms with Gasteiger partial charge in [-0.2, -0.15) is 4.37 Å². The van der Waals surface area contributed by atoms with Crippen molar-refractivity contribution in [1.82, 2.24) is 4.37 Å². The molecule has 118 valence electrons. The van der Waals surface area contributed by atoms with Crippen LogP contribution in [0.5, 0.6) is 0 Å². The van der Waals surface area contributed by atoms with Crippen LogP contribution in [0.25, 0.3) is 0 Å². The zero-order chi connectivity index (χ0) is 16.0. The highest BCUT2D eigenvalue weighted by Crippen LogP contribution is 2.32. The van der Waals surface area contributed by atoms with Crippen molar-refractivity contribution in [3.05, 3.63) is 11.3 Å². The van der Waals surface area contributed by atoms with E-state index in [-0.39, 0.29) is 28.4 Å². The topological polar surface area (TPSA) is 122 Å². The van der Waals surface area contributed by atoms with Crippen molar-refractivity contribution in [1.29, 1.82) is 0 Å². The summed E-state index contributed by atoms with van der Waals surface area (Å²) in [5, 5.41) is 8.09. The Morgan fingerprint density at radius 2 is 2.10 bits per heavy atom. The van der Waals surface area contributed by atoms with Gasteiger partial charge in [0.05, 0.1) is 22.4 Å². The first-order chi connectivity index (χ1) is 9.56. The van der Waals surface area contributed by atoms with Crippen molar-refractivity contribution in [2.45, 2.75) is 18.6 Å². The van der Waals surface area contributed by atoms with E-state index in [1.165, 1.54) is 14.0 Å². The van der Waals surface area contributed by atoms with Gasteiger partial charge < -0.3 is 5.11 Å². The van der Waals surface area contributed by atoms with E-state index in [2.05, 4.69) is 4.37 Å². The number of sulfone groups is 1. The maximum absolute atomic E-state index is 12.5. The van der Waals surface area contributed by atoms with Gasteiger partial charge >= 0.3 is 5.97 Å². The molecule has 1 N–H and O–H groups in total. The lowest BCUT2D eigenvalue weighted by molar-refractivity contribution is 0.0697. The largest absolute Gasteiger partial charge is 0.478 e. The standard InChI is InChI=1S/C10H14N2O6S3/c1-6-8(10(13)14)9(19-11-6)12(2)21(17,18)7-3-4-20(15,16)5-7/h7H,3-5H2,1-2H3,(H,13,14). The second-order valence-corrected chi connectivity index (χ2v) is 10.0. The van der Waals surface area contributed by atoms with Crippen LogP contribution in [0.15, 0.2) is 0 Å². The molecule has 1 aliphatic heterocycles. The lowest BCUT2D eigenvalue weighted by Crippen LogP contribution is -2.37. The number of sulfonamides is 1. The third kappa shape index (κ3) is 2.90. The fraction of sp³-hybridized carbons (Fsp3) is 0.600. The highest BCUT2D eigenvalue weighted by molar-refractivity contribution is 7.97. The number of carboxylic acid groups (broad SMARTS) is 1. The third-order valence-electron chi connectivity index (χ3n) is 3.34. The van der Waals surface area contributed by atoms with Crippen LogP contribution in [-0.2, 0) is 19.9 Å². The summed E-state index contributed by atoms with van der Waals surface area (Å²) in [5.41, 5.74) is 0.0514. The number of aryl methyl sites for hydroxylation is 1. The Morgan fingerprint density at radius 1 is 1.48 bits per heavy atom. The maximum Gasteiger partial charge on any atom is 0.340 e. The van der Waals surface area contributed by atoms with E-state index >= 15 is 0 Å². The molecule has 8 nitrogen and oxygen atoms in total. The SMILES string of the molecule is Cc1nsc(N(C)S(=O)(=O)C2CCS(=O)(=O)C2)c1C(=O)O. The lowest BCUT2D eigenvalue weighted by Gasteiger charge is -2.21. The zero-order valence-electron chi connectivity index (χ0n) is 11.3. The molecule has 0 aromatic carbocycles. The third-order valence-corrected chi connectivity index (χ3v) is 8.64. The van der Waals surface area contributed by atoms with Crippen molar-refractivity contribution >= 4 is 42.4 Å². The number of hydrogen-bond donors (Lipinski definition) is 1. The highest BCUT2D eigenvalue weighted by atomic mass is 32.2. The Kier molecular flexibility index (Phi) is 4.02. The summed E-state index contributed by atoms with van der Waals surface area (Å²) in [6.45, 7) is 1.48. The van der Waals surface area contributed by atoms with Gasteiger partial charge in [0, 0.05) is 7.05 Å². The molecule has 11 heteroatoms. The first kappa shape index (κ1) is 16.2. The number of hydrogen-bond acceptors (Lipinski definition) is 7. The monoisotopic (exact) mass is 354 g/mol. The average Bonchev–Trinajstić information content (AvgIpc) is 2.91. The fourth-order valence-electron chi connectivity index (χ4n) is 2.15. The summed E-state index contributed by atoms with van der Waals surface area (Å²) in [6.07, 6.45) is 0.0230. The van der Waals surface area contributed by atoms with E-state index in [1.54, 1.807) is 0 Å². The van der Waals surface area contributed by atoms with Gasteiger partial charge in [0.1, 0.15) is 10.6 Å². The van der Waals surface area contributed by atoms with Crippen LogP contribution in [0, 0.1) is 6.92 Å². The fourth-order valence-corrected chi connectivity index (χ4v) is 7.51. The number of rotatable bonds is 4. The molecule has 1 atom stereocenters. The smallest absolute Gasteiger partial charge is 0.340 e. The van der Waals surface area contributed by atoms with Crippen LogP contribution >= 0.6 is 11.5 Å². The van der Waals surface area contributed by atoms with Gasteiger partial charge in [-0.1, -0.05) is 0 Å². The predicted molar refractivity (Wildman–Crippen MR) is 78.2 cm³/mol. The minimum Gasteiger partial charge on any atom is -0.478 e. The minimum absolute atomic E-state index is 0.00991. The average molecular weight is 354 g/mol. The molecule has 0 saturated carbocycles. The van der Waals surface area contributed by atoms with Gasteiger partial charge in [0.2, 0.25) is 10.0 Å². The molecular weight excluding hydrogens is 340 g/mol. The minimum atomic E-state index is -3.94. The number of nitrogens with zero attached hydrogens (tertiary/aromatic N) is 2. The number of anilines is 1. The second kappa shape index (κ2) is 5.21. The molecule has 1 aromatic rings. The lowest BCUT2D eigenvalue weighted by atomic mass is 10.2. The molecule has 1 aliphatic rings. The number of aromatic nitrogens is 1. The molecule has 1 aromatic heterocycles. The highest BCUT2D eigenvalue weighted by Gasteiger charge is 2.41. The van der Waals surface area contributed by atoms with Crippen molar-refractivity contribution in [3.8, 4) is 0 Å². The molecule has 0 aliphatic carbocycles. The first-order valence-corrected chi connectivity index (χ1v) is 10.0. The van der Waals surface area contributed by atoms with Crippen molar-refractivity contribution in [2.24, 2.45) is 0 Å². The summed E-state index contributed by atoms with van der Waals surface area (Å²) in [4.78, 5) is 11.2. The van der Waals surface area contributed by atoms with Gasteiger partial charge in [-0.3, -0.25) is 4.31 Å². The molecule has 1 saturated heterocycles. The van der Waals surface area contributed by atoms with E-state index in [9.17, 15) is 21.6 Å². The summed E-state index contributed by atoms with van der Waals surface area (Å²) < 4.78 is 52.5. The van der Waals surface area contributed by atoms with Crippen molar-refractivity contribution in [2.75, 3.05) is 22.9 Å². The number of aromatic carboxylic acids is 1. The molecule has 21 heavy (non-hydrogen) atoms. The number of carbonyl (C=O) groups is 1. The van der Waals surface area contributed by atoms with Crippen molar-refractivity contribution in [3.63, 3.8) is 0 Å². The Balaban J connectivity index is 2.40. The van der Waals surface area contributed by atoms with E-state index in [4.69, 9.17) is 5.11 Å². The number of carboxylic acids is 1. The van der Waals surface area contributed by atoms with Gasteiger partial charge in [0.15, 0.2) is 9.84 Å². The summed E-state index contributed by atoms with van der Waals surface area (Å²) in [7, 11) is -6.07. The Morgan fingerprint density at radius 3 is 2.57 bits per heavy atom. The quantitative estimate of drug-likeness (QED) is 0.814. The molecule has 2 heterocycles. The van der Waals surface area contributed by atoms with Crippen LogP contribution in [0.2, 0.25) is 0 Å². The Bertz CT molecular complexity index is 780. The molecule has 1 fully saturated rings. The molecule has 2 rings (SSSR count). The Labute approximate surface area is 126 Å². The van der Waals surface area contributed by atoms with Gasteiger partial charge in [-0.25, -0.2) is 21.6 Å².